The maximum atomic E-state index is 10.2. The summed E-state index contributed by atoms with van der Waals surface area (Å²) in [5, 5.41) is 23.9. The van der Waals surface area contributed by atoms with Gasteiger partial charge in [0.05, 0.1) is 32.5 Å². The number of hydrogen-bond acceptors (Lipinski definition) is 7. The van der Waals surface area contributed by atoms with Gasteiger partial charge in [0.25, 0.3) is 0 Å². The van der Waals surface area contributed by atoms with Crippen LogP contribution in [0.2, 0.25) is 0 Å². The Balaban J connectivity index is -0.0000000683. The molecule has 0 aromatic carbocycles. The van der Waals surface area contributed by atoms with Crippen LogP contribution in [0.4, 0.5) is 0 Å². The van der Waals surface area contributed by atoms with E-state index in [1.165, 1.54) is 6.92 Å². The lowest BCUT2D eigenvalue weighted by Gasteiger charge is -1.93. The number of hydrogen-bond donors (Lipinski definition) is 3. The van der Waals surface area contributed by atoms with Gasteiger partial charge < -0.3 is 29.5 Å². The van der Waals surface area contributed by atoms with Gasteiger partial charge in [-0.15, -0.1) is 6.58 Å². The second kappa shape index (κ2) is 43.5. The number of aliphatic hydroxyl groups excluding tert-OH is 3. The van der Waals surface area contributed by atoms with E-state index in [-0.39, 0.29) is 19.2 Å². The van der Waals surface area contributed by atoms with Crippen molar-refractivity contribution >= 4 is 5.97 Å². The third kappa shape index (κ3) is 101. The zero-order valence-electron chi connectivity index (χ0n) is 17.3. The number of methoxy groups -OCH3 is 1. The van der Waals surface area contributed by atoms with Crippen LogP contribution >= 0.6 is 0 Å². The number of esters is 1. The van der Waals surface area contributed by atoms with Gasteiger partial charge in [-0.1, -0.05) is 13.0 Å². The Kier molecular flexibility index (Phi) is 61.2. The van der Waals surface area contributed by atoms with E-state index >= 15 is 0 Å². The summed E-state index contributed by atoms with van der Waals surface area (Å²) >= 11 is 0. The van der Waals surface area contributed by atoms with Gasteiger partial charge in [0.1, 0.15) is 0 Å². The monoisotopic (exact) mass is 370 g/mol. The quantitative estimate of drug-likeness (QED) is 0.466. The van der Waals surface area contributed by atoms with Crippen LogP contribution in [0.5, 0.6) is 0 Å². The summed E-state index contributed by atoms with van der Waals surface area (Å²) in [6.07, 6.45) is 1.67. The molecule has 0 radical (unpaired) electrons. The molecule has 0 aromatic heterocycles. The molecule has 0 aromatic rings. The summed E-state index contributed by atoms with van der Waals surface area (Å²) in [5.74, 6) is -0.123. The fourth-order valence-electron chi connectivity index (χ4n) is 0.558. The normalized spacial score (nSPS) is 9.20. The molecule has 0 aliphatic rings. The van der Waals surface area contributed by atoms with Gasteiger partial charge in [-0.25, -0.2) is 0 Å². The van der Waals surface area contributed by atoms with E-state index in [1.54, 1.807) is 27.0 Å². The largest absolute Gasteiger partial charge is 0.466 e. The summed E-state index contributed by atoms with van der Waals surface area (Å²) < 4.78 is 13.8. The second-order valence-corrected chi connectivity index (χ2v) is 4.10. The SMILES string of the molecule is C=CC.CC(O)CO.CCOC(=O)CC.CCOCC.COCCO. The Morgan fingerprint density at radius 1 is 1.12 bits per heavy atom. The van der Waals surface area contributed by atoms with E-state index in [9.17, 15) is 4.79 Å². The Morgan fingerprint density at radius 3 is 1.56 bits per heavy atom. The molecular formula is C18H42O7. The number of carbonyl (C=O) groups excluding carboxylic acids is 1. The third-order valence-corrected chi connectivity index (χ3v) is 1.56. The van der Waals surface area contributed by atoms with Crippen LogP contribution < -0.4 is 0 Å². The van der Waals surface area contributed by atoms with E-state index in [2.05, 4.69) is 16.1 Å². The van der Waals surface area contributed by atoms with Crippen molar-refractivity contribution < 1.29 is 34.3 Å². The molecule has 0 rings (SSSR count). The van der Waals surface area contributed by atoms with Crippen LogP contribution in [-0.2, 0) is 19.0 Å². The smallest absolute Gasteiger partial charge is 0.305 e. The number of ether oxygens (including phenoxy) is 3. The van der Waals surface area contributed by atoms with Crippen LogP contribution in [0, 0.1) is 0 Å². The molecule has 0 saturated carbocycles. The van der Waals surface area contributed by atoms with Gasteiger partial charge in [-0.2, -0.15) is 0 Å². The molecule has 0 saturated heterocycles. The highest BCUT2D eigenvalue weighted by Crippen LogP contribution is 1.80. The summed E-state index contributed by atoms with van der Waals surface area (Å²) in [4.78, 5) is 10.2. The van der Waals surface area contributed by atoms with Crippen molar-refractivity contribution in [3.05, 3.63) is 12.7 Å². The second-order valence-electron chi connectivity index (χ2n) is 4.10. The maximum Gasteiger partial charge on any atom is 0.305 e. The van der Waals surface area contributed by atoms with E-state index in [0.29, 0.717) is 19.6 Å². The fourth-order valence-corrected chi connectivity index (χ4v) is 0.558. The average Bonchev–Trinajstić information content (AvgIpc) is 2.59. The molecule has 7 nitrogen and oxygen atoms in total. The number of allylic oxidation sites excluding steroid dienone is 1. The Labute approximate surface area is 154 Å². The summed E-state index contributed by atoms with van der Waals surface area (Å²) in [5.41, 5.74) is 0. The predicted molar refractivity (Wildman–Crippen MR) is 103 cm³/mol. The fraction of sp³-hybridized carbons (Fsp3) is 0.833. The van der Waals surface area contributed by atoms with E-state index in [1.807, 2.05) is 20.8 Å². The predicted octanol–water partition coefficient (Wildman–Crippen LogP) is 2.18. The van der Waals surface area contributed by atoms with Crippen molar-refractivity contribution in [3.63, 3.8) is 0 Å². The van der Waals surface area contributed by atoms with Gasteiger partial charge in [-0.05, 0) is 34.6 Å². The van der Waals surface area contributed by atoms with Crippen molar-refractivity contribution in [1.82, 2.24) is 0 Å². The first-order valence-electron chi connectivity index (χ1n) is 8.52. The molecule has 0 aliphatic heterocycles. The summed E-state index contributed by atoms with van der Waals surface area (Å²) in [7, 11) is 1.55. The molecule has 0 aliphatic carbocycles. The number of rotatable bonds is 7. The lowest BCUT2D eigenvalue weighted by atomic mass is 10.5. The molecule has 0 spiro atoms. The van der Waals surface area contributed by atoms with Crippen molar-refractivity contribution in [1.29, 1.82) is 0 Å². The first-order valence-corrected chi connectivity index (χ1v) is 8.52. The molecular weight excluding hydrogens is 328 g/mol. The highest BCUT2D eigenvalue weighted by molar-refractivity contribution is 5.68. The van der Waals surface area contributed by atoms with Crippen LogP contribution in [-0.4, -0.2) is 74.1 Å². The molecule has 1 unspecified atom stereocenters. The molecule has 3 N–H and O–H groups in total. The minimum atomic E-state index is -0.560. The van der Waals surface area contributed by atoms with Crippen molar-refractivity contribution in [3.8, 4) is 0 Å². The van der Waals surface area contributed by atoms with Gasteiger partial charge in [0.2, 0.25) is 0 Å². The minimum absolute atomic E-state index is 0.122. The zero-order chi connectivity index (χ0) is 20.9. The Hall–Kier alpha value is -0.990. The van der Waals surface area contributed by atoms with Crippen molar-refractivity contribution in [2.75, 3.05) is 46.8 Å². The number of carbonyl (C=O) groups is 1. The van der Waals surface area contributed by atoms with Gasteiger partial charge in [-0.3, -0.25) is 4.79 Å². The first kappa shape index (κ1) is 35.2. The van der Waals surface area contributed by atoms with Crippen LogP contribution in [0.25, 0.3) is 0 Å². The van der Waals surface area contributed by atoms with Crippen LogP contribution in [0.15, 0.2) is 12.7 Å². The molecule has 156 valence electrons. The zero-order valence-corrected chi connectivity index (χ0v) is 17.3. The highest BCUT2D eigenvalue weighted by Gasteiger charge is 1.91. The Bertz CT molecular complexity index is 200. The van der Waals surface area contributed by atoms with Gasteiger partial charge in [0.15, 0.2) is 0 Å². The molecule has 0 heterocycles. The molecule has 0 amide bonds. The van der Waals surface area contributed by atoms with Crippen molar-refractivity contribution in [2.45, 2.75) is 54.1 Å². The van der Waals surface area contributed by atoms with Gasteiger partial charge in [0, 0.05) is 26.7 Å². The molecule has 25 heavy (non-hydrogen) atoms. The topological polar surface area (TPSA) is 105 Å². The van der Waals surface area contributed by atoms with E-state index in [4.69, 9.17) is 20.1 Å². The minimum Gasteiger partial charge on any atom is -0.466 e. The van der Waals surface area contributed by atoms with Crippen LogP contribution in [0.3, 0.4) is 0 Å². The standard InChI is InChI=1S/C5H10O2.C4H10O.2C3H8O2.C3H6/c1-3-5(6)7-4-2;1-3-5-4-2;1-5-3-2-4;1-3(5)2-4;1-3-2/h3-4H2,1-2H3;3-4H2,1-2H3;4H,2-3H2,1H3;3-5H,2H2,1H3;3H,1H2,2H3. The summed E-state index contributed by atoms with van der Waals surface area (Å²) in [6, 6.07) is 0. The maximum absolute atomic E-state index is 10.2. The number of aliphatic hydroxyl groups is 3. The Morgan fingerprint density at radius 2 is 1.52 bits per heavy atom. The summed E-state index contributed by atoms with van der Waals surface area (Å²) in [6.45, 7) is 16.9. The van der Waals surface area contributed by atoms with E-state index in [0.717, 1.165) is 13.2 Å². The average molecular weight is 371 g/mol. The first-order chi connectivity index (χ1) is 11.8. The molecule has 1 atom stereocenters. The van der Waals surface area contributed by atoms with Crippen LogP contribution in [0.1, 0.15) is 48.0 Å². The van der Waals surface area contributed by atoms with Crippen molar-refractivity contribution in [2.24, 2.45) is 0 Å². The lowest BCUT2D eigenvalue weighted by Crippen LogP contribution is -2.03. The molecule has 0 bridgehead atoms. The molecule has 0 fully saturated rings. The third-order valence-electron chi connectivity index (χ3n) is 1.56. The van der Waals surface area contributed by atoms with Gasteiger partial charge >= 0.3 is 5.97 Å². The molecule has 7 heteroatoms. The highest BCUT2D eigenvalue weighted by atomic mass is 16.5. The lowest BCUT2D eigenvalue weighted by molar-refractivity contribution is -0.142. The van der Waals surface area contributed by atoms with E-state index < -0.39 is 6.10 Å².